The molecule has 0 aliphatic heterocycles. The Balaban J connectivity index is 0.939. The monoisotopic (exact) mass is 1080 g/mol. The maximum absolute atomic E-state index is 5.51. The summed E-state index contributed by atoms with van der Waals surface area (Å²) in [5.74, 6) is 1.84. The zero-order chi connectivity index (χ0) is 53.8. The van der Waals surface area contributed by atoms with Gasteiger partial charge in [0.25, 0.3) is 0 Å². The van der Waals surface area contributed by atoms with Crippen molar-refractivity contribution < 1.29 is 0 Å². The summed E-state index contributed by atoms with van der Waals surface area (Å²) in [6, 6.07) is 99.1. The van der Waals surface area contributed by atoms with Gasteiger partial charge in [-0.25, -0.2) is 15.0 Å². The molecule has 17 aromatic rings. The van der Waals surface area contributed by atoms with Gasteiger partial charge in [-0.1, -0.05) is 194 Å². The molecule has 0 N–H and O–H groups in total. The van der Waals surface area contributed by atoms with E-state index in [0.717, 1.165) is 72.3 Å². The number of hydrogen-bond acceptors (Lipinski definition) is 5. The largest absolute Gasteiger partial charge is 0.309 e. The van der Waals surface area contributed by atoms with E-state index in [9.17, 15) is 0 Å². The molecule has 5 aromatic heterocycles. The highest BCUT2D eigenvalue weighted by molar-refractivity contribution is 7.26. The first-order valence-corrected chi connectivity index (χ1v) is 29.3. The zero-order valence-electron chi connectivity index (χ0n) is 44.0. The molecule has 0 unspecified atom stereocenters. The number of rotatable bonds is 8. The number of para-hydroxylation sites is 2. The van der Waals surface area contributed by atoms with Crippen molar-refractivity contribution in [1.29, 1.82) is 0 Å². The topological polar surface area (TPSA) is 48.5 Å². The van der Waals surface area contributed by atoms with Crippen molar-refractivity contribution in [3.63, 3.8) is 0 Å². The molecule has 7 heteroatoms. The summed E-state index contributed by atoms with van der Waals surface area (Å²) in [7, 11) is 0. The Morgan fingerprint density at radius 3 is 1.17 bits per heavy atom. The van der Waals surface area contributed by atoms with Crippen LogP contribution in [-0.2, 0) is 0 Å². The third-order valence-electron chi connectivity index (χ3n) is 16.4. The average molecular weight is 1080 g/mol. The number of aromatic nitrogens is 5. The highest BCUT2D eigenvalue weighted by Gasteiger charge is 2.25. The lowest BCUT2D eigenvalue weighted by molar-refractivity contribution is 1.07. The van der Waals surface area contributed by atoms with E-state index in [1.54, 1.807) is 22.7 Å². The van der Waals surface area contributed by atoms with Gasteiger partial charge in [0.2, 0.25) is 0 Å². The quantitative estimate of drug-likeness (QED) is 0.152. The summed E-state index contributed by atoms with van der Waals surface area (Å²) >= 11 is 3.61. The Bertz CT molecular complexity index is 5160. The van der Waals surface area contributed by atoms with E-state index in [2.05, 4.69) is 282 Å². The van der Waals surface area contributed by atoms with Crippen LogP contribution in [0.15, 0.2) is 273 Å². The predicted octanol–water partition coefficient (Wildman–Crippen LogP) is 20.8. The van der Waals surface area contributed by atoms with Crippen LogP contribution in [0.3, 0.4) is 0 Å². The SMILES string of the molecule is c1ccc(-c2ccc3c(c2)c2cc(-n4c5ccccc5c5ccccc54)ccc2n3-c2c(-c3ccccc3)cc(-c3nc(-c4ccc5c(c4)sc4ccccc45)nc(-c4ccc5c(c4)sc4ccccc45)n3)cc2-c2ccccc2)cc1. The van der Waals surface area contributed by atoms with Crippen molar-refractivity contribution in [2.45, 2.75) is 0 Å². The fraction of sp³-hybridized carbons (Fsp3) is 0. The van der Waals surface area contributed by atoms with Crippen LogP contribution < -0.4 is 0 Å². The van der Waals surface area contributed by atoms with Crippen molar-refractivity contribution >= 4 is 107 Å². The lowest BCUT2D eigenvalue weighted by Gasteiger charge is -2.21. The van der Waals surface area contributed by atoms with Gasteiger partial charge in [0.15, 0.2) is 17.5 Å². The van der Waals surface area contributed by atoms with E-state index >= 15 is 0 Å². The number of benzene rings is 12. The summed E-state index contributed by atoms with van der Waals surface area (Å²) in [5.41, 5.74) is 16.1. The van der Waals surface area contributed by atoms with Gasteiger partial charge in [-0.15, -0.1) is 22.7 Å². The van der Waals surface area contributed by atoms with Crippen LogP contribution >= 0.6 is 22.7 Å². The fourth-order valence-electron chi connectivity index (χ4n) is 12.6. The van der Waals surface area contributed by atoms with Gasteiger partial charge in [-0.2, -0.15) is 0 Å². The molecule has 382 valence electrons. The molecule has 0 bridgehead atoms. The van der Waals surface area contributed by atoms with E-state index in [-0.39, 0.29) is 0 Å². The van der Waals surface area contributed by atoms with E-state index in [0.29, 0.717) is 17.5 Å². The minimum Gasteiger partial charge on any atom is -0.309 e. The van der Waals surface area contributed by atoms with Gasteiger partial charge in [0, 0.05) is 95.4 Å². The maximum atomic E-state index is 5.51. The lowest BCUT2D eigenvalue weighted by atomic mass is 9.92. The molecule has 0 aliphatic rings. The minimum atomic E-state index is 0.597. The standard InChI is InChI=1S/C75H45N5S2/c1-4-18-46(19-5-1)49-34-38-66-62(40-49)63-45-53(79-64-28-14-10-24-54(64)55-25-11-15-29-65(55)79)35-39-67(63)80(66)72-60(47-20-6-2-7-21-47)41-52(42-61(72)48-22-8-3-9-23-48)75-77-73(50-32-36-58-56-26-12-16-30-68(56)81-70(58)43-50)76-74(78-75)51-33-37-59-57-27-13-17-31-69(57)82-71(59)44-51/h1-45H. The van der Waals surface area contributed by atoms with Crippen molar-refractivity contribution in [3.05, 3.63) is 273 Å². The van der Waals surface area contributed by atoms with Gasteiger partial charge in [-0.05, 0) is 101 Å². The van der Waals surface area contributed by atoms with E-state index < -0.39 is 0 Å². The molecule has 0 spiro atoms. The Kier molecular flexibility index (Phi) is 10.6. The molecule has 0 saturated carbocycles. The molecule has 5 heterocycles. The molecule has 17 rings (SSSR count). The van der Waals surface area contributed by atoms with Gasteiger partial charge < -0.3 is 9.13 Å². The van der Waals surface area contributed by atoms with Crippen LogP contribution in [0.4, 0.5) is 0 Å². The van der Waals surface area contributed by atoms with Crippen molar-refractivity contribution in [2.75, 3.05) is 0 Å². The summed E-state index contributed by atoms with van der Waals surface area (Å²) in [5, 5.41) is 9.77. The minimum absolute atomic E-state index is 0.597. The second-order valence-electron chi connectivity index (χ2n) is 21.1. The first-order valence-electron chi connectivity index (χ1n) is 27.6. The van der Waals surface area contributed by atoms with E-state index in [4.69, 9.17) is 15.0 Å². The molecule has 0 amide bonds. The van der Waals surface area contributed by atoms with Crippen LogP contribution in [0, 0.1) is 0 Å². The number of fused-ring (bicyclic) bond motifs is 12. The van der Waals surface area contributed by atoms with Crippen LogP contribution in [-0.4, -0.2) is 24.1 Å². The molecule has 0 atom stereocenters. The number of thiophene rings is 2. The first kappa shape index (κ1) is 46.6. The number of nitrogens with zero attached hydrogens (tertiary/aromatic N) is 5. The van der Waals surface area contributed by atoms with Crippen LogP contribution in [0.1, 0.15) is 0 Å². The average Bonchev–Trinajstić information content (AvgIpc) is 4.21. The Morgan fingerprint density at radius 1 is 0.232 bits per heavy atom. The summed E-state index contributed by atoms with van der Waals surface area (Å²) in [6.45, 7) is 0. The summed E-state index contributed by atoms with van der Waals surface area (Å²) in [6.07, 6.45) is 0. The zero-order valence-corrected chi connectivity index (χ0v) is 45.7. The normalized spacial score (nSPS) is 11.9. The second-order valence-corrected chi connectivity index (χ2v) is 23.2. The molecular weight excluding hydrogens is 1030 g/mol. The molecular formula is C75H45N5S2. The van der Waals surface area contributed by atoms with Crippen molar-refractivity contribution in [2.24, 2.45) is 0 Å². The maximum Gasteiger partial charge on any atom is 0.164 e. The van der Waals surface area contributed by atoms with Gasteiger partial charge in [0.05, 0.1) is 27.8 Å². The Labute approximate surface area is 479 Å². The second kappa shape index (κ2) is 18.6. The molecule has 5 nitrogen and oxygen atoms in total. The molecule has 0 radical (unpaired) electrons. The van der Waals surface area contributed by atoms with E-state index in [1.807, 2.05) is 0 Å². The third-order valence-corrected chi connectivity index (χ3v) is 18.6. The van der Waals surface area contributed by atoms with Gasteiger partial charge in [-0.3, -0.25) is 0 Å². The highest BCUT2D eigenvalue weighted by atomic mass is 32.1. The predicted molar refractivity (Wildman–Crippen MR) is 347 cm³/mol. The van der Waals surface area contributed by atoms with Gasteiger partial charge in [0.1, 0.15) is 0 Å². The third kappa shape index (κ3) is 7.48. The summed E-state index contributed by atoms with van der Waals surface area (Å²) < 4.78 is 9.84. The molecule has 82 heavy (non-hydrogen) atoms. The van der Waals surface area contributed by atoms with E-state index in [1.165, 1.54) is 73.1 Å². The number of hydrogen-bond donors (Lipinski definition) is 0. The molecule has 0 fully saturated rings. The van der Waals surface area contributed by atoms with Crippen LogP contribution in [0.5, 0.6) is 0 Å². The fourth-order valence-corrected chi connectivity index (χ4v) is 14.9. The smallest absolute Gasteiger partial charge is 0.164 e. The summed E-state index contributed by atoms with van der Waals surface area (Å²) in [4.78, 5) is 16.4. The Morgan fingerprint density at radius 2 is 0.634 bits per heavy atom. The van der Waals surface area contributed by atoms with Crippen molar-refractivity contribution in [1.82, 2.24) is 24.1 Å². The first-order chi connectivity index (χ1) is 40.6. The molecule has 12 aromatic carbocycles. The van der Waals surface area contributed by atoms with Gasteiger partial charge >= 0.3 is 0 Å². The van der Waals surface area contributed by atoms with Crippen molar-refractivity contribution in [3.8, 4) is 78.9 Å². The molecule has 0 aliphatic carbocycles. The highest BCUT2D eigenvalue weighted by Crippen LogP contribution is 2.46. The van der Waals surface area contributed by atoms with Crippen LogP contribution in [0.25, 0.3) is 163 Å². The Hall–Kier alpha value is -10.3. The molecule has 0 saturated heterocycles. The van der Waals surface area contributed by atoms with Crippen LogP contribution in [0.2, 0.25) is 0 Å². The lowest BCUT2D eigenvalue weighted by Crippen LogP contribution is -2.04.